The topological polar surface area (TPSA) is 57.0 Å². The molecule has 2 atom stereocenters. The molecule has 1 aliphatic carbocycles. The summed E-state index contributed by atoms with van der Waals surface area (Å²) in [6, 6.07) is 0.390. The van der Waals surface area contributed by atoms with Crippen LogP contribution in [-0.2, 0) is 11.2 Å². The highest BCUT2D eigenvalue weighted by atomic mass is 16.5. The van der Waals surface area contributed by atoms with Crippen molar-refractivity contribution in [2.75, 3.05) is 7.11 Å². The molecule has 2 unspecified atom stereocenters. The molecule has 1 heterocycles. The summed E-state index contributed by atoms with van der Waals surface area (Å²) >= 11 is 0. The molecule has 5 heteroatoms. The zero-order valence-corrected chi connectivity index (χ0v) is 12.8. The van der Waals surface area contributed by atoms with Gasteiger partial charge in [-0.2, -0.15) is 0 Å². The summed E-state index contributed by atoms with van der Waals surface area (Å²) in [5, 5.41) is 8.33. The number of aromatic nitrogens is 3. The maximum atomic E-state index is 11.8. The summed E-state index contributed by atoms with van der Waals surface area (Å²) in [6.07, 6.45) is 7.86. The molecule has 0 spiro atoms. The van der Waals surface area contributed by atoms with Crippen molar-refractivity contribution in [3.05, 3.63) is 11.4 Å². The molecule has 1 aromatic rings. The van der Waals surface area contributed by atoms with Gasteiger partial charge in [-0.1, -0.05) is 44.7 Å². The van der Waals surface area contributed by atoms with Crippen LogP contribution in [0, 0.1) is 5.92 Å². The second-order valence-corrected chi connectivity index (χ2v) is 5.67. The van der Waals surface area contributed by atoms with Gasteiger partial charge in [0.05, 0.1) is 18.8 Å². The van der Waals surface area contributed by atoms with E-state index in [-0.39, 0.29) is 5.97 Å². The smallest absolute Gasteiger partial charge is 0.360 e. The van der Waals surface area contributed by atoms with Gasteiger partial charge in [0, 0.05) is 0 Å². The lowest BCUT2D eigenvalue weighted by molar-refractivity contribution is 0.0592. The molecular weight excluding hydrogens is 254 g/mol. The monoisotopic (exact) mass is 279 g/mol. The zero-order chi connectivity index (χ0) is 14.5. The van der Waals surface area contributed by atoms with Crippen molar-refractivity contribution in [2.45, 2.75) is 64.8 Å². The highest BCUT2D eigenvalue weighted by Gasteiger charge is 2.28. The first-order valence-corrected chi connectivity index (χ1v) is 7.73. The summed E-state index contributed by atoms with van der Waals surface area (Å²) in [5.74, 6) is 0.400. The van der Waals surface area contributed by atoms with Gasteiger partial charge in [-0.15, -0.1) is 5.10 Å². The van der Waals surface area contributed by atoms with Gasteiger partial charge in [0.15, 0.2) is 5.69 Å². The number of hydrogen-bond acceptors (Lipinski definition) is 4. The van der Waals surface area contributed by atoms with Gasteiger partial charge in [0.25, 0.3) is 0 Å². The molecule has 1 fully saturated rings. The van der Waals surface area contributed by atoms with Crippen molar-refractivity contribution in [3.8, 4) is 0 Å². The number of ether oxygens (including phenoxy) is 1. The van der Waals surface area contributed by atoms with Gasteiger partial charge < -0.3 is 4.74 Å². The lowest BCUT2D eigenvalue weighted by Gasteiger charge is -2.29. The fourth-order valence-corrected chi connectivity index (χ4v) is 3.19. The second-order valence-electron chi connectivity index (χ2n) is 5.67. The molecular formula is C15H25N3O2. The molecule has 0 aromatic carbocycles. The van der Waals surface area contributed by atoms with E-state index in [1.807, 2.05) is 4.68 Å². The summed E-state index contributed by atoms with van der Waals surface area (Å²) in [7, 11) is 1.39. The molecule has 0 bridgehead atoms. The first-order valence-electron chi connectivity index (χ1n) is 7.73. The van der Waals surface area contributed by atoms with Crippen molar-refractivity contribution >= 4 is 5.97 Å². The van der Waals surface area contributed by atoms with Crippen molar-refractivity contribution in [1.29, 1.82) is 0 Å². The van der Waals surface area contributed by atoms with E-state index in [0.717, 1.165) is 37.3 Å². The van der Waals surface area contributed by atoms with E-state index in [4.69, 9.17) is 4.74 Å². The van der Waals surface area contributed by atoms with Crippen LogP contribution in [0.25, 0.3) is 0 Å². The van der Waals surface area contributed by atoms with E-state index in [1.54, 1.807) is 0 Å². The third-order valence-corrected chi connectivity index (χ3v) is 4.33. The molecule has 2 rings (SSSR count). The molecule has 112 valence electrons. The molecule has 0 saturated heterocycles. The number of carbonyl (C=O) groups excluding carboxylic acids is 1. The Morgan fingerprint density at radius 3 is 2.85 bits per heavy atom. The fourth-order valence-electron chi connectivity index (χ4n) is 3.19. The minimum Gasteiger partial charge on any atom is -0.464 e. The SMILES string of the molecule is CCCc1c(C(=O)OC)nnn1C1CCCC(CC)C1. The first-order chi connectivity index (χ1) is 9.71. The molecule has 0 aliphatic heterocycles. The molecule has 1 aliphatic rings. The Labute approximate surface area is 120 Å². The van der Waals surface area contributed by atoms with E-state index in [9.17, 15) is 4.79 Å². The van der Waals surface area contributed by atoms with Crippen LogP contribution in [0.4, 0.5) is 0 Å². The zero-order valence-electron chi connectivity index (χ0n) is 12.8. The number of methoxy groups -OCH3 is 1. The van der Waals surface area contributed by atoms with Crippen LogP contribution in [0.15, 0.2) is 0 Å². The van der Waals surface area contributed by atoms with Gasteiger partial charge >= 0.3 is 5.97 Å². The largest absolute Gasteiger partial charge is 0.464 e. The maximum Gasteiger partial charge on any atom is 0.360 e. The lowest BCUT2D eigenvalue weighted by Crippen LogP contribution is -2.22. The summed E-state index contributed by atoms with van der Waals surface area (Å²) < 4.78 is 6.81. The molecule has 0 N–H and O–H groups in total. The lowest BCUT2D eigenvalue weighted by atomic mass is 9.84. The van der Waals surface area contributed by atoms with E-state index in [2.05, 4.69) is 24.2 Å². The van der Waals surface area contributed by atoms with Gasteiger partial charge in [-0.3, -0.25) is 0 Å². The Bertz CT molecular complexity index is 456. The number of carbonyl (C=O) groups is 1. The molecule has 0 amide bonds. The third kappa shape index (κ3) is 3.02. The van der Waals surface area contributed by atoms with Crippen LogP contribution in [0.5, 0.6) is 0 Å². The fraction of sp³-hybridized carbons (Fsp3) is 0.800. The highest BCUT2D eigenvalue weighted by molar-refractivity contribution is 5.88. The summed E-state index contributed by atoms with van der Waals surface area (Å²) in [5.41, 5.74) is 1.34. The summed E-state index contributed by atoms with van der Waals surface area (Å²) in [6.45, 7) is 4.36. The van der Waals surface area contributed by atoms with E-state index in [1.165, 1.54) is 26.4 Å². The van der Waals surface area contributed by atoms with E-state index in [0.29, 0.717) is 11.7 Å². The Balaban J connectivity index is 2.26. The van der Waals surface area contributed by atoms with Crippen LogP contribution in [0.3, 0.4) is 0 Å². The van der Waals surface area contributed by atoms with Crippen LogP contribution < -0.4 is 0 Å². The van der Waals surface area contributed by atoms with E-state index >= 15 is 0 Å². The predicted octanol–water partition coefficient (Wildman–Crippen LogP) is 3.16. The minimum absolute atomic E-state index is 0.373. The molecule has 1 aromatic heterocycles. The Kier molecular flexibility index (Phi) is 5.15. The van der Waals surface area contributed by atoms with Crippen LogP contribution in [-0.4, -0.2) is 28.1 Å². The summed E-state index contributed by atoms with van der Waals surface area (Å²) in [4.78, 5) is 11.8. The normalized spacial score (nSPS) is 22.8. The Morgan fingerprint density at radius 1 is 1.40 bits per heavy atom. The van der Waals surface area contributed by atoms with E-state index < -0.39 is 0 Å². The molecule has 1 saturated carbocycles. The van der Waals surface area contributed by atoms with Gasteiger partial charge in [0.1, 0.15) is 0 Å². The van der Waals surface area contributed by atoms with Gasteiger partial charge in [-0.05, 0) is 25.2 Å². The number of nitrogens with zero attached hydrogens (tertiary/aromatic N) is 3. The van der Waals surface area contributed by atoms with Crippen molar-refractivity contribution in [1.82, 2.24) is 15.0 Å². The quantitative estimate of drug-likeness (QED) is 0.777. The van der Waals surface area contributed by atoms with Crippen molar-refractivity contribution in [2.24, 2.45) is 5.92 Å². The maximum absolute atomic E-state index is 11.8. The van der Waals surface area contributed by atoms with Gasteiger partial charge in [0.2, 0.25) is 0 Å². The molecule has 5 nitrogen and oxygen atoms in total. The second kappa shape index (κ2) is 6.86. The molecule has 20 heavy (non-hydrogen) atoms. The predicted molar refractivity (Wildman–Crippen MR) is 76.6 cm³/mol. The van der Waals surface area contributed by atoms with Crippen LogP contribution in [0.2, 0.25) is 0 Å². The van der Waals surface area contributed by atoms with Crippen molar-refractivity contribution < 1.29 is 9.53 Å². The number of rotatable bonds is 5. The molecule has 0 radical (unpaired) electrons. The minimum atomic E-state index is -0.373. The van der Waals surface area contributed by atoms with Gasteiger partial charge in [-0.25, -0.2) is 9.48 Å². The van der Waals surface area contributed by atoms with Crippen LogP contribution in [0.1, 0.15) is 74.6 Å². The number of esters is 1. The standard InChI is InChI=1S/C15H25N3O2/c1-4-7-13-14(15(19)20-3)16-17-18(13)12-9-6-8-11(5-2)10-12/h11-12H,4-10H2,1-3H3. The Morgan fingerprint density at radius 2 is 2.20 bits per heavy atom. The number of hydrogen-bond donors (Lipinski definition) is 0. The van der Waals surface area contributed by atoms with Crippen LogP contribution >= 0.6 is 0 Å². The Hall–Kier alpha value is -1.39. The third-order valence-electron chi connectivity index (χ3n) is 4.33. The average molecular weight is 279 g/mol. The van der Waals surface area contributed by atoms with Crippen molar-refractivity contribution in [3.63, 3.8) is 0 Å². The average Bonchev–Trinajstić information content (AvgIpc) is 2.90. The first kappa shape index (κ1) is 15.0. The highest BCUT2D eigenvalue weighted by Crippen LogP contribution is 2.34.